The molecule has 0 bridgehead atoms. The van der Waals surface area contributed by atoms with Crippen molar-refractivity contribution in [3.63, 3.8) is 0 Å². The van der Waals surface area contributed by atoms with Gasteiger partial charge in [-0.05, 0) is 32.1 Å². The lowest BCUT2D eigenvalue weighted by molar-refractivity contribution is -0.162. The molecule has 1 aliphatic heterocycles. The summed E-state index contributed by atoms with van der Waals surface area (Å²) in [7, 11) is 0. The van der Waals surface area contributed by atoms with Crippen LogP contribution in [0.1, 0.15) is 51.4 Å². The van der Waals surface area contributed by atoms with Crippen LogP contribution in [0.2, 0.25) is 0 Å². The van der Waals surface area contributed by atoms with E-state index >= 15 is 0 Å². The summed E-state index contributed by atoms with van der Waals surface area (Å²) < 4.78 is 11.1. The third kappa shape index (κ3) is 7.86. The van der Waals surface area contributed by atoms with E-state index < -0.39 is 0 Å². The highest BCUT2D eigenvalue weighted by molar-refractivity contribution is 5.07. The molecule has 17 heavy (non-hydrogen) atoms. The van der Waals surface area contributed by atoms with Crippen molar-refractivity contribution in [1.82, 2.24) is 0 Å². The van der Waals surface area contributed by atoms with E-state index in [4.69, 9.17) is 15.9 Å². The Morgan fingerprint density at radius 2 is 2.12 bits per heavy atom. The molecule has 1 heterocycles. The standard InChI is InChI=1S/C15H22O2/c1-2-3-4-5-6-7-8-10-13-16-15-12-9-11-14-17-15/h1,15H,3,6-14H2. The molecule has 0 saturated carbocycles. The van der Waals surface area contributed by atoms with Crippen molar-refractivity contribution in [2.24, 2.45) is 0 Å². The largest absolute Gasteiger partial charge is 0.353 e. The lowest BCUT2D eigenvalue weighted by Crippen LogP contribution is -2.22. The summed E-state index contributed by atoms with van der Waals surface area (Å²) in [5.74, 6) is 8.52. The summed E-state index contributed by atoms with van der Waals surface area (Å²) >= 11 is 0. The van der Waals surface area contributed by atoms with Crippen molar-refractivity contribution >= 4 is 0 Å². The summed E-state index contributed by atoms with van der Waals surface area (Å²) in [5, 5.41) is 0. The van der Waals surface area contributed by atoms with Crippen molar-refractivity contribution in [3.8, 4) is 24.2 Å². The maximum Gasteiger partial charge on any atom is 0.157 e. The summed E-state index contributed by atoms with van der Waals surface area (Å²) in [6.07, 6.45) is 13.5. The van der Waals surface area contributed by atoms with Gasteiger partial charge < -0.3 is 9.47 Å². The maximum absolute atomic E-state index is 5.64. The van der Waals surface area contributed by atoms with Crippen LogP contribution in [-0.4, -0.2) is 19.5 Å². The van der Waals surface area contributed by atoms with Crippen LogP contribution in [-0.2, 0) is 9.47 Å². The quantitative estimate of drug-likeness (QED) is 0.519. The Labute approximate surface area is 105 Å². The first-order valence-corrected chi connectivity index (χ1v) is 6.56. The molecule has 94 valence electrons. The van der Waals surface area contributed by atoms with Crippen LogP contribution < -0.4 is 0 Å². The molecule has 1 unspecified atom stereocenters. The average molecular weight is 234 g/mol. The van der Waals surface area contributed by atoms with Crippen LogP contribution in [0.4, 0.5) is 0 Å². The monoisotopic (exact) mass is 234 g/mol. The third-order valence-corrected chi connectivity index (χ3v) is 2.70. The minimum absolute atomic E-state index is 0.0548. The van der Waals surface area contributed by atoms with Gasteiger partial charge >= 0.3 is 0 Å². The van der Waals surface area contributed by atoms with Gasteiger partial charge in [-0.1, -0.05) is 18.3 Å². The number of rotatable bonds is 6. The molecule has 0 N–H and O–H groups in total. The fourth-order valence-electron chi connectivity index (χ4n) is 1.75. The Hall–Kier alpha value is -0.960. The maximum atomic E-state index is 5.64. The lowest BCUT2D eigenvalue weighted by Gasteiger charge is -2.22. The fraction of sp³-hybridized carbons (Fsp3) is 0.733. The highest BCUT2D eigenvalue weighted by Gasteiger charge is 2.12. The van der Waals surface area contributed by atoms with Crippen molar-refractivity contribution in [1.29, 1.82) is 0 Å². The van der Waals surface area contributed by atoms with E-state index in [0.29, 0.717) is 6.42 Å². The summed E-state index contributed by atoms with van der Waals surface area (Å²) in [4.78, 5) is 0. The van der Waals surface area contributed by atoms with Gasteiger partial charge in [-0.15, -0.1) is 12.3 Å². The van der Waals surface area contributed by atoms with Crippen LogP contribution in [0, 0.1) is 24.2 Å². The smallest absolute Gasteiger partial charge is 0.157 e. The second-order valence-corrected chi connectivity index (χ2v) is 4.21. The molecule has 0 aromatic rings. The van der Waals surface area contributed by atoms with Gasteiger partial charge in [0.25, 0.3) is 0 Å². The van der Waals surface area contributed by atoms with Crippen LogP contribution >= 0.6 is 0 Å². The first-order valence-electron chi connectivity index (χ1n) is 6.56. The molecular weight excluding hydrogens is 212 g/mol. The molecule has 1 saturated heterocycles. The van der Waals surface area contributed by atoms with Gasteiger partial charge in [-0.3, -0.25) is 0 Å². The summed E-state index contributed by atoms with van der Waals surface area (Å²) in [6.45, 7) is 1.66. The molecule has 2 heteroatoms. The number of ether oxygens (including phenoxy) is 2. The van der Waals surface area contributed by atoms with Crippen molar-refractivity contribution in [2.45, 2.75) is 57.7 Å². The number of unbranched alkanes of at least 4 members (excludes halogenated alkanes) is 3. The Morgan fingerprint density at radius 1 is 1.18 bits per heavy atom. The SMILES string of the molecule is C#CCC#CCCCCCOC1CCCCO1. The summed E-state index contributed by atoms with van der Waals surface area (Å²) in [5.41, 5.74) is 0. The lowest BCUT2D eigenvalue weighted by atomic mass is 10.2. The third-order valence-electron chi connectivity index (χ3n) is 2.70. The predicted molar refractivity (Wildman–Crippen MR) is 69.2 cm³/mol. The van der Waals surface area contributed by atoms with Crippen LogP contribution in [0.15, 0.2) is 0 Å². The summed E-state index contributed by atoms with van der Waals surface area (Å²) in [6, 6.07) is 0. The van der Waals surface area contributed by atoms with Crippen LogP contribution in [0.3, 0.4) is 0 Å². The van der Waals surface area contributed by atoms with Gasteiger partial charge in [0.05, 0.1) is 6.42 Å². The zero-order chi connectivity index (χ0) is 12.2. The Kier molecular flexibility index (Phi) is 8.47. The van der Waals surface area contributed by atoms with Crippen molar-refractivity contribution in [2.75, 3.05) is 13.2 Å². The fourth-order valence-corrected chi connectivity index (χ4v) is 1.75. The molecule has 1 aliphatic rings. The zero-order valence-corrected chi connectivity index (χ0v) is 10.5. The van der Waals surface area contributed by atoms with Gasteiger partial charge in [-0.25, -0.2) is 0 Å². The molecule has 0 amide bonds. The average Bonchev–Trinajstić information content (AvgIpc) is 2.38. The molecule has 0 radical (unpaired) electrons. The normalized spacial score (nSPS) is 19.1. The Morgan fingerprint density at radius 3 is 2.88 bits per heavy atom. The van der Waals surface area contributed by atoms with Crippen LogP contribution in [0.5, 0.6) is 0 Å². The molecule has 1 rings (SSSR count). The minimum Gasteiger partial charge on any atom is -0.353 e. The Bertz CT molecular complexity index is 274. The van der Waals surface area contributed by atoms with Gasteiger partial charge in [-0.2, -0.15) is 0 Å². The van der Waals surface area contributed by atoms with E-state index in [-0.39, 0.29) is 6.29 Å². The second kappa shape index (κ2) is 10.2. The zero-order valence-electron chi connectivity index (χ0n) is 10.5. The number of hydrogen-bond donors (Lipinski definition) is 0. The molecule has 0 aromatic heterocycles. The van der Waals surface area contributed by atoms with Gasteiger partial charge in [0.1, 0.15) is 0 Å². The molecule has 0 aliphatic carbocycles. The predicted octanol–water partition coefficient (Wildman–Crippen LogP) is 3.12. The van der Waals surface area contributed by atoms with Gasteiger partial charge in [0.2, 0.25) is 0 Å². The number of hydrogen-bond acceptors (Lipinski definition) is 2. The van der Waals surface area contributed by atoms with E-state index in [0.717, 1.165) is 45.3 Å². The van der Waals surface area contributed by atoms with E-state index in [2.05, 4.69) is 17.8 Å². The van der Waals surface area contributed by atoms with Gasteiger partial charge in [0.15, 0.2) is 6.29 Å². The second-order valence-electron chi connectivity index (χ2n) is 4.21. The number of terminal acetylenes is 1. The van der Waals surface area contributed by atoms with E-state index in [1.165, 1.54) is 12.8 Å². The van der Waals surface area contributed by atoms with Crippen LogP contribution in [0.25, 0.3) is 0 Å². The molecule has 0 aromatic carbocycles. The molecule has 1 fully saturated rings. The first kappa shape index (κ1) is 14.1. The molecule has 1 atom stereocenters. The van der Waals surface area contributed by atoms with Crippen molar-refractivity contribution in [3.05, 3.63) is 0 Å². The highest BCUT2D eigenvalue weighted by atomic mass is 16.7. The van der Waals surface area contributed by atoms with Gasteiger partial charge in [0, 0.05) is 19.6 Å². The Balaban J connectivity index is 1.84. The van der Waals surface area contributed by atoms with E-state index in [9.17, 15) is 0 Å². The molecular formula is C15H22O2. The molecule has 2 nitrogen and oxygen atoms in total. The van der Waals surface area contributed by atoms with Crippen molar-refractivity contribution < 1.29 is 9.47 Å². The van der Waals surface area contributed by atoms with E-state index in [1.807, 2.05) is 0 Å². The topological polar surface area (TPSA) is 18.5 Å². The van der Waals surface area contributed by atoms with E-state index in [1.54, 1.807) is 0 Å². The first-order chi connectivity index (χ1) is 8.43. The molecule has 0 spiro atoms. The minimum atomic E-state index is 0.0548. The highest BCUT2D eigenvalue weighted by Crippen LogP contribution is 2.14.